The van der Waals surface area contributed by atoms with E-state index >= 15 is 0 Å². The second-order valence-corrected chi connectivity index (χ2v) is 9.29. The van der Waals surface area contributed by atoms with Gasteiger partial charge in [-0.2, -0.15) is 0 Å². The fourth-order valence-electron chi connectivity index (χ4n) is 4.64. The van der Waals surface area contributed by atoms with E-state index < -0.39 is 12.0 Å². The number of imidazole rings is 1. The van der Waals surface area contributed by atoms with Gasteiger partial charge in [0.05, 0.1) is 29.8 Å². The van der Waals surface area contributed by atoms with E-state index in [-0.39, 0.29) is 31.0 Å². The smallest absolute Gasteiger partial charge is 0.305 e. The van der Waals surface area contributed by atoms with Crippen LogP contribution in [0.2, 0.25) is 0 Å². The van der Waals surface area contributed by atoms with Gasteiger partial charge in [0.2, 0.25) is 5.91 Å². The maximum absolute atomic E-state index is 12.7. The van der Waals surface area contributed by atoms with Crippen LogP contribution in [0.1, 0.15) is 41.2 Å². The van der Waals surface area contributed by atoms with Gasteiger partial charge in [-0.1, -0.05) is 84.9 Å². The predicted octanol–water partition coefficient (Wildman–Crippen LogP) is 6.37. The molecule has 0 aliphatic carbocycles. The molecule has 0 radical (unpaired) electrons. The fourth-order valence-corrected chi connectivity index (χ4v) is 4.64. The van der Waals surface area contributed by atoms with E-state index in [0.717, 1.165) is 16.7 Å². The largest absolute Gasteiger partial charge is 0.481 e. The monoisotopic (exact) mass is 517 g/mol. The summed E-state index contributed by atoms with van der Waals surface area (Å²) >= 11 is 0. The summed E-state index contributed by atoms with van der Waals surface area (Å²) in [5.74, 6) is -1.30. The van der Waals surface area contributed by atoms with Gasteiger partial charge in [0, 0.05) is 24.1 Å². The quantitative estimate of drug-likeness (QED) is 0.210. The third-order valence-electron chi connectivity index (χ3n) is 6.64. The van der Waals surface area contributed by atoms with Crippen LogP contribution in [-0.4, -0.2) is 32.3 Å². The van der Waals surface area contributed by atoms with Gasteiger partial charge in [-0.3, -0.25) is 14.4 Å². The standard InChI is InChI=1S/C32H27N3O4/c36-30(25-13-11-23(12-14-25)22-7-3-1-4-8-22)17-18-31(37)34-26-15-16-27-29(19-26)35(21-33-27)28(20-32(38)39)24-9-5-2-6-10-24/h1-16,19,21,28H,17-18,20H2,(H,34,37)(H,38,39). The number of carboxylic acids is 1. The molecule has 1 unspecified atom stereocenters. The number of rotatable bonds is 10. The summed E-state index contributed by atoms with van der Waals surface area (Å²) < 4.78 is 1.82. The van der Waals surface area contributed by atoms with Crippen molar-refractivity contribution in [2.45, 2.75) is 25.3 Å². The van der Waals surface area contributed by atoms with Crippen molar-refractivity contribution >= 4 is 34.4 Å². The first-order valence-corrected chi connectivity index (χ1v) is 12.7. The molecule has 1 atom stereocenters. The average Bonchev–Trinajstić information content (AvgIpc) is 3.38. The molecule has 5 aromatic rings. The summed E-state index contributed by atoms with van der Waals surface area (Å²) in [6.07, 6.45) is 1.65. The lowest BCUT2D eigenvalue weighted by Crippen LogP contribution is -2.15. The maximum atomic E-state index is 12.7. The number of hydrogen-bond acceptors (Lipinski definition) is 4. The number of Topliss-reactive ketones (excluding diaryl/α,β-unsaturated/α-hetero) is 1. The van der Waals surface area contributed by atoms with Gasteiger partial charge < -0.3 is 15.0 Å². The van der Waals surface area contributed by atoms with Crippen LogP contribution >= 0.6 is 0 Å². The summed E-state index contributed by atoms with van der Waals surface area (Å²) in [4.78, 5) is 41.4. The van der Waals surface area contributed by atoms with Crippen LogP contribution in [0.15, 0.2) is 109 Å². The molecule has 0 aliphatic rings. The third kappa shape index (κ3) is 6.10. The molecule has 2 N–H and O–H groups in total. The number of carbonyl (C=O) groups is 3. The Bertz CT molecular complexity index is 1610. The minimum atomic E-state index is -0.922. The van der Waals surface area contributed by atoms with E-state index in [1.165, 1.54) is 0 Å². The first-order chi connectivity index (χ1) is 19.0. The van der Waals surface area contributed by atoms with E-state index in [9.17, 15) is 19.5 Å². The van der Waals surface area contributed by atoms with Crippen LogP contribution in [0.5, 0.6) is 0 Å². The molecule has 7 heteroatoms. The summed E-state index contributed by atoms with van der Waals surface area (Å²) in [5, 5.41) is 12.4. The summed E-state index contributed by atoms with van der Waals surface area (Å²) in [6, 6.07) is 31.6. The van der Waals surface area contributed by atoms with Crippen molar-refractivity contribution in [1.29, 1.82) is 0 Å². The van der Waals surface area contributed by atoms with Gasteiger partial charge in [0.15, 0.2) is 5.78 Å². The van der Waals surface area contributed by atoms with E-state index in [1.807, 2.05) is 77.4 Å². The number of carbonyl (C=O) groups excluding carboxylic acids is 2. The number of amides is 1. The zero-order valence-corrected chi connectivity index (χ0v) is 21.2. The van der Waals surface area contributed by atoms with Crippen LogP contribution in [0.25, 0.3) is 22.2 Å². The van der Waals surface area contributed by atoms with E-state index in [0.29, 0.717) is 22.3 Å². The van der Waals surface area contributed by atoms with E-state index in [2.05, 4.69) is 10.3 Å². The normalized spacial score (nSPS) is 11.7. The summed E-state index contributed by atoms with van der Waals surface area (Å²) in [5.41, 5.74) is 5.47. The fraction of sp³-hybridized carbons (Fsp3) is 0.125. The molecule has 0 spiro atoms. The number of hydrogen-bond donors (Lipinski definition) is 2. The second kappa shape index (κ2) is 11.6. The number of anilines is 1. The molecule has 0 saturated heterocycles. The zero-order valence-electron chi connectivity index (χ0n) is 21.2. The number of nitrogens with zero attached hydrogens (tertiary/aromatic N) is 2. The molecule has 4 aromatic carbocycles. The Kier molecular flexibility index (Phi) is 7.59. The molecule has 0 aliphatic heterocycles. The van der Waals surface area contributed by atoms with Crippen molar-refractivity contribution in [3.05, 3.63) is 121 Å². The van der Waals surface area contributed by atoms with Crippen LogP contribution in [-0.2, 0) is 9.59 Å². The second-order valence-electron chi connectivity index (χ2n) is 9.29. The number of carboxylic acid groups (broad SMARTS) is 1. The SMILES string of the molecule is O=C(O)CC(c1ccccc1)n1cnc2ccc(NC(=O)CCC(=O)c3ccc(-c4ccccc4)cc3)cc21. The highest BCUT2D eigenvalue weighted by Gasteiger charge is 2.20. The van der Waals surface area contributed by atoms with Gasteiger partial charge >= 0.3 is 5.97 Å². The van der Waals surface area contributed by atoms with Crippen molar-refractivity contribution < 1.29 is 19.5 Å². The number of aliphatic carboxylic acids is 1. The Morgan fingerprint density at radius 1 is 0.795 bits per heavy atom. The Hall–Kier alpha value is -5.04. The van der Waals surface area contributed by atoms with Crippen LogP contribution < -0.4 is 5.32 Å². The topological polar surface area (TPSA) is 101 Å². The highest BCUT2D eigenvalue weighted by Crippen LogP contribution is 2.28. The van der Waals surface area contributed by atoms with Gasteiger partial charge in [-0.15, -0.1) is 0 Å². The van der Waals surface area contributed by atoms with Crippen molar-refractivity contribution in [2.24, 2.45) is 0 Å². The molecular formula is C32H27N3O4. The molecule has 5 rings (SSSR count). The minimum Gasteiger partial charge on any atom is -0.481 e. The molecule has 0 saturated carbocycles. The average molecular weight is 518 g/mol. The lowest BCUT2D eigenvalue weighted by atomic mass is 10.0. The molecule has 0 bridgehead atoms. The lowest BCUT2D eigenvalue weighted by Gasteiger charge is -2.18. The predicted molar refractivity (Wildman–Crippen MR) is 151 cm³/mol. The Labute approximate surface area is 225 Å². The molecule has 1 aromatic heterocycles. The van der Waals surface area contributed by atoms with Gasteiger partial charge in [-0.25, -0.2) is 4.98 Å². The number of nitrogens with one attached hydrogen (secondary N) is 1. The van der Waals surface area contributed by atoms with Crippen molar-refractivity contribution in [3.8, 4) is 11.1 Å². The third-order valence-corrected chi connectivity index (χ3v) is 6.64. The number of aromatic nitrogens is 2. The highest BCUT2D eigenvalue weighted by atomic mass is 16.4. The highest BCUT2D eigenvalue weighted by molar-refractivity contribution is 6.00. The van der Waals surface area contributed by atoms with Gasteiger partial charge in [0.1, 0.15) is 0 Å². The molecular weight excluding hydrogens is 490 g/mol. The summed E-state index contributed by atoms with van der Waals surface area (Å²) in [7, 11) is 0. The van der Waals surface area contributed by atoms with Crippen molar-refractivity contribution in [2.75, 3.05) is 5.32 Å². The Balaban J connectivity index is 1.25. The van der Waals surface area contributed by atoms with Crippen LogP contribution in [0.3, 0.4) is 0 Å². The first kappa shape index (κ1) is 25.6. The lowest BCUT2D eigenvalue weighted by molar-refractivity contribution is -0.137. The number of benzene rings is 4. The van der Waals surface area contributed by atoms with E-state index in [1.54, 1.807) is 36.7 Å². The van der Waals surface area contributed by atoms with Gasteiger partial charge in [0.25, 0.3) is 0 Å². The molecule has 7 nitrogen and oxygen atoms in total. The van der Waals surface area contributed by atoms with Gasteiger partial charge in [-0.05, 0) is 34.9 Å². The molecule has 0 fully saturated rings. The summed E-state index contributed by atoms with van der Waals surface area (Å²) in [6.45, 7) is 0. The Morgan fingerprint density at radius 2 is 1.46 bits per heavy atom. The number of ketones is 1. The zero-order chi connectivity index (χ0) is 27.2. The molecule has 194 valence electrons. The maximum Gasteiger partial charge on any atom is 0.305 e. The van der Waals surface area contributed by atoms with Crippen LogP contribution in [0.4, 0.5) is 5.69 Å². The van der Waals surface area contributed by atoms with E-state index in [4.69, 9.17) is 0 Å². The van der Waals surface area contributed by atoms with Crippen molar-refractivity contribution in [1.82, 2.24) is 9.55 Å². The van der Waals surface area contributed by atoms with Crippen molar-refractivity contribution in [3.63, 3.8) is 0 Å². The number of fused-ring (bicyclic) bond motifs is 1. The molecule has 39 heavy (non-hydrogen) atoms. The van der Waals surface area contributed by atoms with Crippen LogP contribution in [0, 0.1) is 0 Å². The molecule has 1 amide bonds. The first-order valence-electron chi connectivity index (χ1n) is 12.7. The Morgan fingerprint density at radius 3 is 2.15 bits per heavy atom. The molecule has 1 heterocycles. The minimum absolute atomic E-state index is 0.0439.